The van der Waals surface area contributed by atoms with Crippen LogP contribution >= 0.6 is 30.4 Å². The minimum Gasteiger partial charge on any atom is -0.810 e. The van der Waals surface area contributed by atoms with Crippen molar-refractivity contribution in [1.82, 2.24) is 0 Å². The molecule has 0 aromatic rings. The van der Waals surface area contributed by atoms with Gasteiger partial charge in [-0.15, -0.1) is 0 Å². The van der Waals surface area contributed by atoms with Gasteiger partial charge in [0.2, 0.25) is 0 Å². The molecule has 2 atom stereocenters. The van der Waals surface area contributed by atoms with Crippen molar-refractivity contribution in [1.29, 1.82) is 0 Å². The van der Waals surface area contributed by atoms with Gasteiger partial charge in [0, 0.05) is 22.9 Å². The Hall–Kier alpha value is 8.52. The van der Waals surface area contributed by atoms with E-state index in [1.807, 2.05) is 0 Å². The Bertz CT molecular complexity index is 632. The molecule has 0 aliphatic heterocycles. The van der Waals surface area contributed by atoms with Crippen LogP contribution in [-0.4, -0.2) is 22.9 Å². The topological polar surface area (TPSA) is 305 Å². The molecule has 0 aromatic heterocycles. The van der Waals surface area contributed by atoms with Crippen LogP contribution in [0.15, 0.2) is 0 Å². The molecular formula is C10H22N2Na8O12P4. The zero-order valence-electron chi connectivity index (χ0n) is 23.0. The van der Waals surface area contributed by atoms with E-state index in [1.165, 1.54) is 6.92 Å². The van der Waals surface area contributed by atoms with Crippen LogP contribution in [0.4, 0.5) is 0 Å². The fourth-order valence-corrected chi connectivity index (χ4v) is 6.97. The van der Waals surface area contributed by atoms with Crippen LogP contribution in [0.3, 0.4) is 0 Å². The molecular weight excluding hydrogens is 648 g/mol. The van der Waals surface area contributed by atoms with E-state index in [2.05, 4.69) is 0 Å². The van der Waals surface area contributed by atoms with Crippen molar-refractivity contribution >= 4 is 30.4 Å². The first-order valence-electron chi connectivity index (χ1n) is 7.72. The monoisotopic (exact) mass is 670 g/mol. The number of rotatable bonds is 10. The summed E-state index contributed by atoms with van der Waals surface area (Å²) in [5.41, 5.74) is 10.5. The molecule has 0 heterocycles. The summed E-state index contributed by atoms with van der Waals surface area (Å²) in [4.78, 5) is 83.7. The maximum atomic E-state index is 10.6. The summed E-state index contributed by atoms with van der Waals surface area (Å²) in [6, 6.07) is -1.61. The fraction of sp³-hybridized carbons (Fsp3) is 1.00. The summed E-state index contributed by atoms with van der Waals surface area (Å²) >= 11 is 0. The zero-order valence-corrected chi connectivity index (χ0v) is 42.6. The first kappa shape index (κ1) is 70.8. The predicted octanol–water partition coefficient (Wildman–Crippen LogP) is -29.4. The van der Waals surface area contributed by atoms with E-state index >= 15 is 0 Å². The average Bonchev–Trinajstić information content (AvgIpc) is 2.38. The molecule has 0 fully saturated rings. The van der Waals surface area contributed by atoms with E-state index in [1.54, 1.807) is 6.92 Å². The third-order valence-corrected chi connectivity index (χ3v) is 10.4. The van der Waals surface area contributed by atoms with Gasteiger partial charge >= 0.3 is 236 Å². The second kappa shape index (κ2) is 33.4. The van der Waals surface area contributed by atoms with Crippen molar-refractivity contribution in [3.05, 3.63) is 0 Å². The van der Waals surface area contributed by atoms with Gasteiger partial charge in [-0.3, -0.25) is 0 Å². The number of hydrogen-bond acceptors (Lipinski definition) is 14. The third kappa shape index (κ3) is 38.7. The molecule has 172 valence electrons. The van der Waals surface area contributed by atoms with Gasteiger partial charge in [0.15, 0.2) is 0 Å². The summed E-state index contributed by atoms with van der Waals surface area (Å²) in [5, 5.41) is -4.86. The van der Waals surface area contributed by atoms with E-state index < -0.39 is 66.1 Å². The van der Waals surface area contributed by atoms with Crippen molar-refractivity contribution in [3.8, 4) is 0 Å². The molecule has 0 amide bonds. The van der Waals surface area contributed by atoms with Crippen molar-refractivity contribution in [2.75, 3.05) is 0 Å². The molecule has 26 heteroatoms. The van der Waals surface area contributed by atoms with Crippen LogP contribution in [0.1, 0.15) is 39.5 Å². The van der Waals surface area contributed by atoms with Crippen LogP contribution in [0, 0.1) is 0 Å². The summed E-state index contributed by atoms with van der Waals surface area (Å²) in [6.07, 6.45) is -0.314. The molecule has 0 radical (unpaired) electrons. The molecule has 14 nitrogen and oxygen atoms in total. The van der Waals surface area contributed by atoms with Gasteiger partial charge in [0.25, 0.3) is 0 Å². The summed E-state index contributed by atoms with van der Waals surface area (Å²) in [5.74, 6) is 0. The summed E-state index contributed by atoms with van der Waals surface area (Å²) < 4.78 is 41.8. The minimum absolute atomic E-state index is 0. The Balaban J connectivity index is -0.0000000386. The Morgan fingerprint density at radius 2 is 0.778 bits per heavy atom. The smallest absolute Gasteiger partial charge is 0.810 e. The van der Waals surface area contributed by atoms with Gasteiger partial charge in [0.1, 0.15) is 0 Å². The van der Waals surface area contributed by atoms with E-state index in [0.717, 1.165) is 0 Å². The number of hydrogen-bond donors (Lipinski definition) is 2. The van der Waals surface area contributed by atoms with Crippen LogP contribution in [0.2, 0.25) is 0 Å². The molecule has 0 saturated heterocycles. The second-order valence-electron chi connectivity index (χ2n) is 6.12. The third-order valence-electron chi connectivity index (χ3n) is 3.22. The van der Waals surface area contributed by atoms with Gasteiger partial charge in [-0.1, -0.05) is 43.7 Å². The predicted molar refractivity (Wildman–Crippen MR) is 83.8 cm³/mol. The summed E-state index contributed by atoms with van der Waals surface area (Å²) in [7, 11) is -21.7. The van der Waals surface area contributed by atoms with Gasteiger partial charge in [-0.2, -0.15) is 0 Å². The molecule has 0 rings (SSSR count). The van der Waals surface area contributed by atoms with E-state index in [9.17, 15) is 57.4 Å². The van der Waals surface area contributed by atoms with Crippen LogP contribution < -0.4 is 287 Å². The number of nitrogens with two attached hydrogens (primary N) is 2. The van der Waals surface area contributed by atoms with Crippen LogP contribution in [0.5, 0.6) is 0 Å². The van der Waals surface area contributed by atoms with Crippen LogP contribution in [0.25, 0.3) is 0 Å². The normalized spacial score (nSPS) is 12.4. The molecule has 0 aliphatic carbocycles. The molecule has 36 heavy (non-hydrogen) atoms. The minimum atomic E-state index is -5.44. The molecule has 0 bridgehead atoms. The van der Waals surface area contributed by atoms with Crippen molar-refractivity contribution in [2.24, 2.45) is 11.5 Å². The van der Waals surface area contributed by atoms with Gasteiger partial charge < -0.3 is 68.9 Å². The maximum Gasteiger partial charge on any atom is 1.00 e. The van der Waals surface area contributed by atoms with Gasteiger partial charge in [-0.05, 0) is 26.2 Å². The van der Waals surface area contributed by atoms with E-state index in [-0.39, 0.29) is 236 Å². The maximum absolute atomic E-state index is 10.6. The van der Waals surface area contributed by atoms with E-state index in [4.69, 9.17) is 11.5 Å². The summed E-state index contributed by atoms with van der Waals surface area (Å²) in [6.45, 7) is 3.06. The van der Waals surface area contributed by atoms with Crippen molar-refractivity contribution in [3.63, 3.8) is 0 Å². The fourth-order valence-electron chi connectivity index (χ4n) is 1.95. The van der Waals surface area contributed by atoms with Crippen LogP contribution in [-0.2, 0) is 18.3 Å². The van der Waals surface area contributed by atoms with Gasteiger partial charge in [0.05, 0.1) is 0 Å². The second-order valence-corrected chi connectivity index (χ2v) is 13.7. The van der Waals surface area contributed by atoms with Crippen molar-refractivity contribution < 1.29 is 294 Å². The Labute approximate surface area is 389 Å². The Morgan fingerprint density at radius 3 is 0.917 bits per heavy atom. The largest absolute Gasteiger partial charge is 1.00 e. The first-order valence-corrected chi connectivity index (χ1v) is 14.2. The molecule has 4 N–H and O–H groups in total. The quantitative estimate of drug-likeness (QED) is 0.161. The Kier molecular flexibility index (Phi) is 65.7. The van der Waals surface area contributed by atoms with Crippen molar-refractivity contribution in [2.45, 2.75) is 62.4 Å². The molecule has 2 unspecified atom stereocenters. The Morgan fingerprint density at radius 1 is 0.556 bits per heavy atom. The molecule has 0 spiro atoms. The molecule has 0 saturated carbocycles. The standard InChI is InChI=1S/C6H17NO6P2.C4H13NO6P2.8Na/c1-2-3-5(7)4-6(14(8,9)10)15(11,12)13;1-3(5)2-4(12(6,7)8)13(9,10)11;;;;;;;;/h5-6H,2-4,7H2,1H3,(H2,8,9,10)(H2,11,12,13);3-4H,2,5H2,1H3,(H2,6,7,8)(H2,9,10,11);;;;;;;;/q;;8*+1/p-8. The molecule has 0 aromatic carbocycles. The average molecular weight is 670 g/mol. The SMILES string of the molecule is CC(N)CC(P(=O)([O-])[O-])P(=O)([O-])[O-].CCCC(N)CC(P(=O)([O-])[O-])P(=O)([O-])[O-].[Na+].[Na+].[Na+].[Na+].[Na+].[Na+].[Na+].[Na+]. The molecule has 0 aliphatic rings. The zero-order chi connectivity index (χ0) is 23.1. The van der Waals surface area contributed by atoms with E-state index in [0.29, 0.717) is 12.8 Å². The van der Waals surface area contributed by atoms with Gasteiger partial charge in [-0.25, -0.2) is 0 Å². The first-order chi connectivity index (χ1) is 12.1.